The van der Waals surface area contributed by atoms with Crippen molar-refractivity contribution >= 4 is 11.6 Å². The van der Waals surface area contributed by atoms with Gasteiger partial charge < -0.3 is 4.42 Å². The number of likely N-dealkylation sites (tertiary alicyclic amines) is 1. The van der Waals surface area contributed by atoms with Gasteiger partial charge >= 0.3 is 0 Å². The minimum Gasteiger partial charge on any atom is -0.439 e. The summed E-state index contributed by atoms with van der Waals surface area (Å²) in [5.41, 5.74) is 0.988. The summed E-state index contributed by atoms with van der Waals surface area (Å²) in [6, 6.07) is 8.19. The monoisotopic (exact) mass is 371 g/mol. The van der Waals surface area contributed by atoms with E-state index in [4.69, 9.17) is 16.0 Å². The van der Waals surface area contributed by atoms with Gasteiger partial charge in [0.1, 0.15) is 0 Å². The van der Waals surface area contributed by atoms with Crippen molar-refractivity contribution < 1.29 is 4.42 Å². The molecule has 0 amide bonds. The maximum Gasteiger partial charge on any atom is 0.211 e. The second-order valence-corrected chi connectivity index (χ2v) is 7.19. The second kappa shape index (κ2) is 7.60. The molecule has 3 aromatic rings. The van der Waals surface area contributed by atoms with Crippen LogP contribution < -0.4 is 0 Å². The number of nitrogens with zero attached hydrogens (tertiary/aromatic N) is 5. The highest BCUT2D eigenvalue weighted by Gasteiger charge is 2.25. The molecule has 0 saturated carbocycles. The van der Waals surface area contributed by atoms with Crippen LogP contribution >= 0.6 is 11.6 Å². The molecule has 2 unspecified atom stereocenters. The van der Waals surface area contributed by atoms with Gasteiger partial charge in [0.2, 0.25) is 5.89 Å². The van der Waals surface area contributed by atoms with Gasteiger partial charge in [-0.1, -0.05) is 16.8 Å². The van der Waals surface area contributed by atoms with Crippen molar-refractivity contribution in [3.63, 3.8) is 0 Å². The first-order valence-corrected chi connectivity index (χ1v) is 9.40. The Hall–Kier alpha value is -2.18. The first-order valence-electron chi connectivity index (χ1n) is 9.02. The van der Waals surface area contributed by atoms with Gasteiger partial charge in [0.05, 0.1) is 24.5 Å². The van der Waals surface area contributed by atoms with Crippen LogP contribution in [0.5, 0.6) is 0 Å². The van der Waals surface area contributed by atoms with Gasteiger partial charge in [-0.3, -0.25) is 4.90 Å². The van der Waals surface area contributed by atoms with Crippen LogP contribution in [0.4, 0.5) is 0 Å². The average molecular weight is 372 g/mol. The third-order valence-electron chi connectivity index (χ3n) is 5.10. The Morgan fingerprint density at radius 2 is 2.04 bits per heavy atom. The van der Waals surface area contributed by atoms with E-state index in [0.717, 1.165) is 49.6 Å². The van der Waals surface area contributed by atoms with E-state index in [0.29, 0.717) is 11.1 Å². The second-order valence-electron chi connectivity index (χ2n) is 6.75. The lowest BCUT2D eigenvalue weighted by atomic mass is 10.1. The molecule has 1 aliphatic heterocycles. The highest BCUT2D eigenvalue weighted by Crippen LogP contribution is 2.30. The maximum atomic E-state index is 6.04. The fourth-order valence-electron chi connectivity index (χ4n) is 3.55. The number of oxazole rings is 1. The maximum absolute atomic E-state index is 6.04. The topological polar surface area (TPSA) is 60.0 Å². The highest BCUT2D eigenvalue weighted by molar-refractivity contribution is 6.30. The number of hydrogen-bond acceptors (Lipinski definition) is 5. The van der Waals surface area contributed by atoms with Crippen molar-refractivity contribution in [1.82, 2.24) is 24.9 Å². The molecule has 0 bridgehead atoms. The molecule has 1 fully saturated rings. The minimum absolute atomic E-state index is 0.144. The first kappa shape index (κ1) is 17.2. The summed E-state index contributed by atoms with van der Waals surface area (Å²) in [6.45, 7) is 4.18. The molecule has 0 aliphatic carbocycles. The van der Waals surface area contributed by atoms with E-state index in [1.165, 1.54) is 0 Å². The van der Waals surface area contributed by atoms with E-state index < -0.39 is 0 Å². The van der Waals surface area contributed by atoms with E-state index in [-0.39, 0.29) is 6.04 Å². The zero-order chi connectivity index (χ0) is 17.9. The summed E-state index contributed by atoms with van der Waals surface area (Å²) in [5, 5.41) is 8.81. The fourth-order valence-corrected chi connectivity index (χ4v) is 3.68. The van der Waals surface area contributed by atoms with Gasteiger partial charge in [0, 0.05) is 23.3 Å². The van der Waals surface area contributed by atoms with Crippen LogP contribution in [0.25, 0.3) is 11.3 Å². The molecule has 1 aliphatic rings. The van der Waals surface area contributed by atoms with Crippen molar-refractivity contribution in [3.8, 4) is 11.3 Å². The lowest BCUT2D eigenvalue weighted by Crippen LogP contribution is -2.28. The molecular formula is C19H22ClN5O. The summed E-state index contributed by atoms with van der Waals surface area (Å²) in [6.07, 6.45) is 8.80. The summed E-state index contributed by atoms with van der Waals surface area (Å²) >= 11 is 5.96. The van der Waals surface area contributed by atoms with Gasteiger partial charge in [-0.05, 0) is 57.0 Å². The number of rotatable bonds is 4. The fraction of sp³-hybridized carbons (Fsp3) is 0.421. The molecule has 0 radical (unpaired) electrons. The van der Waals surface area contributed by atoms with Crippen LogP contribution in [-0.4, -0.2) is 38.0 Å². The molecule has 7 heteroatoms. The van der Waals surface area contributed by atoms with Gasteiger partial charge in [-0.15, -0.1) is 5.10 Å². The molecule has 2 atom stereocenters. The van der Waals surface area contributed by atoms with Crippen LogP contribution in [0.15, 0.2) is 47.3 Å². The molecule has 1 saturated heterocycles. The lowest BCUT2D eigenvalue weighted by molar-refractivity contribution is 0.188. The van der Waals surface area contributed by atoms with Gasteiger partial charge in [-0.2, -0.15) is 0 Å². The van der Waals surface area contributed by atoms with Crippen molar-refractivity contribution in [2.24, 2.45) is 0 Å². The van der Waals surface area contributed by atoms with E-state index >= 15 is 0 Å². The Bertz CT molecular complexity index is 830. The molecule has 1 aromatic carbocycles. The standard InChI is InChI=1S/C19H22ClN5O/c1-14(19-21-13-18(26-19)15-4-6-16(20)7-5-15)24-10-2-3-17(8-11-24)25-12-9-22-23-25/h4-7,9,12-14,17H,2-3,8,10-11H2,1H3. The Morgan fingerprint density at radius 3 is 2.81 bits per heavy atom. The van der Waals surface area contributed by atoms with E-state index in [1.54, 1.807) is 12.4 Å². The molecule has 0 spiro atoms. The molecule has 26 heavy (non-hydrogen) atoms. The zero-order valence-corrected chi connectivity index (χ0v) is 15.5. The largest absolute Gasteiger partial charge is 0.439 e. The van der Waals surface area contributed by atoms with Gasteiger partial charge in [-0.25, -0.2) is 9.67 Å². The predicted octanol–water partition coefficient (Wildman–Crippen LogP) is 4.37. The summed E-state index contributed by atoms with van der Waals surface area (Å²) < 4.78 is 8.03. The van der Waals surface area contributed by atoms with Crippen molar-refractivity contribution in [3.05, 3.63) is 53.8 Å². The minimum atomic E-state index is 0.144. The Balaban J connectivity index is 1.44. The molecular weight excluding hydrogens is 350 g/mol. The molecule has 6 nitrogen and oxygen atoms in total. The van der Waals surface area contributed by atoms with E-state index in [1.807, 2.05) is 35.1 Å². The van der Waals surface area contributed by atoms with E-state index in [9.17, 15) is 0 Å². The SMILES string of the molecule is CC(c1ncc(-c2ccc(Cl)cc2)o1)N1CCCC(n2ccnn2)CC1. The first-order chi connectivity index (χ1) is 12.7. The smallest absolute Gasteiger partial charge is 0.211 e. The summed E-state index contributed by atoms with van der Waals surface area (Å²) in [5.74, 6) is 1.54. The number of aromatic nitrogens is 4. The van der Waals surface area contributed by atoms with E-state index in [2.05, 4.69) is 27.1 Å². The van der Waals surface area contributed by atoms with Gasteiger partial charge in [0.25, 0.3) is 0 Å². The zero-order valence-electron chi connectivity index (χ0n) is 14.8. The summed E-state index contributed by atoms with van der Waals surface area (Å²) in [4.78, 5) is 6.96. The average Bonchev–Trinajstić information content (AvgIpc) is 3.30. The lowest BCUT2D eigenvalue weighted by Gasteiger charge is -2.25. The third-order valence-corrected chi connectivity index (χ3v) is 5.36. The predicted molar refractivity (Wildman–Crippen MR) is 99.8 cm³/mol. The molecule has 0 N–H and O–H groups in total. The number of hydrogen-bond donors (Lipinski definition) is 0. The Kier molecular flexibility index (Phi) is 5.04. The van der Waals surface area contributed by atoms with Crippen LogP contribution in [0.3, 0.4) is 0 Å². The van der Waals surface area contributed by atoms with Crippen LogP contribution in [-0.2, 0) is 0 Å². The number of benzene rings is 1. The van der Waals surface area contributed by atoms with Crippen LogP contribution in [0.1, 0.15) is 44.2 Å². The van der Waals surface area contributed by atoms with Crippen LogP contribution in [0.2, 0.25) is 5.02 Å². The Labute approximate surface area is 157 Å². The van der Waals surface area contributed by atoms with Crippen molar-refractivity contribution in [2.75, 3.05) is 13.1 Å². The molecule has 136 valence electrons. The Morgan fingerprint density at radius 1 is 1.19 bits per heavy atom. The number of halogens is 1. The highest BCUT2D eigenvalue weighted by atomic mass is 35.5. The summed E-state index contributed by atoms with van der Waals surface area (Å²) in [7, 11) is 0. The van der Waals surface area contributed by atoms with Crippen molar-refractivity contribution in [1.29, 1.82) is 0 Å². The normalized spacial score (nSPS) is 20.0. The van der Waals surface area contributed by atoms with Crippen molar-refractivity contribution in [2.45, 2.75) is 38.3 Å². The quantitative estimate of drug-likeness (QED) is 0.681. The van der Waals surface area contributed by atoms with Crippen LogP contribution in [0, 0.1) is 0 Å². The molecule has 4 rings (SSSR count). The third kappa shape index (κ3) is 3.66. The molecule has 3 heterocycles. The van der Waals surface area contributed by atoms with Gasteiger partial charge in [0.15, 0.2) is 5.76 Å². The molecule has 2 aromatic heterocycles.